The summed E-state index contributed by atoms with van der Waals surface area (Å²) in [6.45, 7) is 3.84. The zero-order valence-corrected chi connectivity index (χ0v) is 17.7. The minimum Gasteiger partial charge on any atom is -0.501 e. The van der Waals surface area contributed by atoms with Crippen LogP contribution in [0.3, 0.4) is 0 Å². The summed E-state index contributed by atoms with van der Waals surface area (Å²) in [5.74, 6) is 0.0396. The molecular weight excluding hydrogens is 349 g/mol. The van der Waals surface area contributed by atoms with Gasteiger partial charge < -0.3 is 14.4 Å². The lowest BCUT2D eigenvalue weighted by Gasteiger charge is -2.49. The lowest BCUT2D eigenvalue weighted by Crippen LogP contribution is -2.54. The first-order valence-corrected chi connectivity index (χ1v) is 10.0. The largest absolute Gasteiger partial charge is 0.501 e. The van der Waals surface area contributed by atoms with Crippen LogP contribution >= 0.6 is 0 Å². The number of carbonyl (C=O) groups is 2. The molecule has 1 fully saturated rings. The number of amides is 1. The molecule has 0 aromatic heterocycles. The van der Waals surface area contributed by atoms with Gasteiger partial charge in [0.1, 0.15) is 31.4 Å². The molecule has 5 nitrogen and oxygen atoms in total. The second kappa shape index (κ2) is 9.44. The Morgan fingerprint density at radius 3 is 2.32 bits per heavy atom. The van der Waals surface area contributed by atoms with Crippen LogP contribution in [0.5, 0.6) is 0 Å². The summed E-state index contributed by atoms with van der Waals surface area (Å²) in [7, 11) is 8.28. The second-order valence-corrected chi connectivity index (χ2v) is 8.35. The number of ether oxygens (including phenoxy) is 2. The van der Waals surface area contributed by atoms with E-state index < -0.39 is 5.40 Å². The minimum absolute atomic E-state index is 0.0144. The van der Waals surface area contributed by atoms with Gasteiger partial charge in [-0.2, -0.15) is 0 Å². The fourth-order valence-corrected chi connectivity index (χ4v) is 3.62. The molecule has 1 aromatic carbocycles. The van der Waals surface area contributed by atoms with Crippen molar-refractivity contribution in [3.63, 3.8) is 0 Å². The van der Waals surface area contributed by atoms with Crippen molar-refractivity contribution < 1.29 is 19.1 Å². The number of hydrogen-bond donors (Lipinski definition) is 0. The van der Waals surface area contributed by atoms with Crippen LogP contribution in [-0.4, -0.2) is 73.3 Å². The number of rotatable bonds is 7. The van der Waals surface area contributed by atoms with Gasteiger partial charge in [-0.3, -0.25) is 4.79 Å². The summed E-state index contributed by atoms with van der Waals surface area (Å²) >= 11 is 0. The van der Waals surface area contributed by atoms with E-state index in [1.165, 1.54) is 12.3 Å². The van der Waals surface area contributed by atoms with Crippen molar-refractivity contribution in [2.75, 3.05) is 19.7 Å². The number of benzene rings is 1. The molecule has 1 aromatic rings. The molecule has 0 N–H and O–H groups in total. The van der Waals surface area contributed by atoms with E-state index in [-0.39, 0.29) is 17.1 Å². The summed E-state index contributed by atoms with van der Waals surface area (Å²) in [6, 6.07) is 9.09. The molecule has 0 spiro atoms. The second-order valence-electron chi connectivity index (χ2n) is 8.35. The average Bonchev–Trinajstić information content (AvgIpc) is 2.68. The number of nitrogens with zero attached hydrogens (tertiary/aromatic N) is 1. The van der Waals surface area contributed by atoms with Crippen LogP contribution in [0.1, 0.15) is 30.1 Å². The maximum absolute atomic E-state index is 12.6. The first kappa shape index (κ1) is 22.3. The van der Waals surface area contributed by atoms with Crippen LogP contribution in [-0.2, 0) is 14.3 Å². The normalized spacial score (nSPS) is 16.1. The van der Waals surface area contributed by atoms with E-state index in [1.807, 2.05) is 45.7 Å². The Morgan fingerprint density at radius 2 is 1.75 bits per heavy atom. The zero-order chi connectivity index (χ0) is 20.8. The molecule has 9 heteroatoms. The zero-order valence-electron chi connectivity index (χ0n) is 17.7. The van der Waals surface area contributed by atoms with E-state index in [4.69, 9.17) is 9.47 Å². The van der Waals surface area contributed by atoms with Gasteiger partial charge >= 0.3 is 5.97 Å². The summed E-state index contributed by atoms with van der Waals surface area (Å²) < 4.78 is 11.0. The van der Waals surface area contributed by atoms with Gasteiger partial charge in [0.25, 0.3) is 0 Å². The van der Waals surface area contributed by atoms with Gasteiger partial charge in [0.15, 0.2) is 0 Å². The molecule has 1 amide bonds. The van der Waals surface area contributed by atoms with Gasteiger partial charge in [-0.15, -0.1) is 0 Å². The highest BCUT2D eigenvalue weighted by Gasteiger charge is 2.46. The topological polar surface area (TPSA) is 55.8 Å². The summed E-state index contributed by atoms with van der Waals surface area (Å²) in [4.78, 5) is 26.6. The number of likely N-dealkylation sites (tertiary alicyclic amines) is 1. The van der Waals surface area contributed by atoms with Crippen molar-refractivity contribution in [3.05, 3.63) is 48.2 Å². The lowest BCUT2D eigenvalue weighted by atomic mass is 9.31. The Labute approximate surface area is 171 Å². The smallest absolute Gasteiger partial charge is 0.337 e. The third-order valence-corrected chi connectivity index (χ3v) is 6.21. The van der Waals surface area contributed by atoms with E-state index in [0.717, 1.165) is 12.8 Å². The van der Waals surface area contributed by atoms with Crippen molar-refractivity contribution in [3.8, 4) is 0 Å². The van der Waals surface area contributed by atoms with Gasteiger partial charge in [0, 0.05) is 24.6 Å². The summed E-state index contributed by atoms with van der Waals surface area (Å²) in [5.41, 5.74) is 0.563. The summed E-state index contributed by atoms with van der Waals surface area (Å²) in [6.07, 6.45) is 4.71. The van der Waals surface area contributed by atoms with E-state index in [1.54, 1.807) is 12.1 Å². The van der Waals surface area contributed by atoms with Gasteiger partial charge in [0.2, 0.25) is 5.91 Å². The Hall–Kier alpha value is -2.04. The van der Waals surface area contributed by atoms with E-state index in [0.29, 0.717) is 31.2 Å². The van der Waals surface area contributed by atoms with Crippen LogP contribution in [0, 0.1) is 5.92 Å². The Bertz CT molecular complexity index is 701. The Kier molecular flexibility index (Phi) is 7.50. The van der Waals surface area contributed by atoms with Crippen molar-refractivity contribution in [1.82, 2.24) is 4.90 Å². The van der Waals surface area contributed by atoms with E-state index >= 15 is 0 Å². The van der Waals surface area contributed by atoms with Crippen LogP contribution in [0.2, 0.25) is 5.21 Å². The van der Waals surface area contributed by atoms with E-state index in [9.17, 15) is 9.59 Å². The molecule has 0 saturated carbocycles. The minimum atomic E-state index is -0.633. The fraction of sp³-hybridized carbons (Fsp3) is 0.474. The molecule has 0 radical (unpaired) electrons. The van der Waals surface area contributed by atoms with Gasteiger partial charge in [-0.25, -0.2) is 4.79 Å². The number of esters is 1. The van der Waals surface area contributed by atoms with Gasteiger partial charge in [-0.05, 0) is 37.8 Å². The molecule has 0 aliphatic carbocycles. The van der Waals surface area contributed by atoms with Crippen LogP contribution in [0.4, 0.5) is 0 Å². The SMILES string of the molecule is BC(B)(OC(=O)c1ccccc1)C(B)(B)C1CCN(C(=O)/C=C/OCC)CC1. The highest BCUT2D eigenvalue weighted by molar-refractivity contribution is 6.54. The van der Waals surface area contributed by atoms with Crippen molar-refractivity contribution in [2.24, 2.45) is 5.92 Å². The number of hydrogen-bond acceptors (Lipinski definition) is 4. The standard InChI is InChI=1S/C19H29B4NO4/c1-2-27-13-10-16(25)24-11-8-15(9-12-24)18(20,21)19(22,23)28-17(26)14-6-4-3-5-7-14/h3-7,10,13,15H,2,8-9,11-12,20-23H2,1H3/b13-10+. The van der Waals surface area contributed by atoms with Crippen molar-refractivity contribution in [1.29, 1.82) is 0 Å². The van der Waals surface area contributed by atoms with Crippen LogP contribution < -0.4 is 0 Å². The molecule has 28 heavy (non-hydrogen) atoms. The first-order valence-electron chi connectivity index (χ1n) is 10.0. The Morgan fingerprint density at radius 1 is 1.14 bits per heavy atom. The number of piperidine rings is 1. The molecule has 0 unspecified atom stereocenters. The quantitative estimate of drug-likeness (QED) is 0.263. The predicted molar refractivity (Wildman–Crippen MR) is 122 cm³/mol. The highest BCUT2D eigenvalue weighted by atomic mass is 16.5. The molecule has 1 saturated heterocycles. The lowest BCUT2D eigenvalue weighted by molar-refractivity contribution is -0.127. The molecule has 146 valence electrons. The molecule has 0 bridgehead atoms. The predicted octanol–water partition coefficient (Wildman–Crippen LogP) is -1.07. The van der Waals surface area contributed by atoms with E-state index in [2.05, 4.69) is 15.7 Å². The van der Waals surface area contributed by atoms with Gasteiger partial charge in [0.05, 0.1) is 18.4 Å². The van der Waals surface area contributed by atoms with Gasteiger partial charge in [-0.1, -0.05) is 23.4 Å². The molecule has 1 aliphatic heterocycles. The van der Waals surface area contributed by atoms with Crippen LogP contribution in [0.15, 0.2) is 42.7 Å². The molecular formula is C19H29B4NO4. The Balaban J connectivity index is 1.98. The van der Waals surface area contributed by atoms with Crippen molar-refractivity contribution in [2.45, 2.75) is 30.4 Å². The molecule has 0 atom stereocenters. The van der Waals surface area contributed by atoms with Crippen LogP contribution in [0.25, 0.3) is 0 Å². The summed E-state index contributed by atoms with van der Waals surface area (Å²) in [5, 5.41) is -0.862. The molecule has 1 heterocycles. The average molecular weight is 379 g/mol. The first-order chi connectivity index (χ1) is 13.2. The monoisotopic (exact) mass is 379 g/mol. The third kappa shape index (κ3) is 5.27. The number of carbonyl (C=O) groups excluding carboxylic acids is 2. The highest BCUT2D eigenvalue weighted by Crippen LogP contribution is 2.44. The third-order valence-electron chi connectivity index (χ3n) is 6.21. The molecule has 1 aliphatic rings. The molecule has 2 rings (SSSR count). The van der Waals surface area contributed by atoms with Crippen molar-refractivity contribution >= 4 is 43.3 Å². The maximum Gasteiger partial charge on any atom is 0.337 e. The fourth-order valence-electron chi connectivity index (χ4n) is 3.62. The maximum atomic E-state index is 12.6.